The highest BCUT2D eigenvalue weighted by Crippen LogP contribution is 2.36. The fraction of sp³-hybridized carbons (Fsp3) is 0.379. The van der Waals surface area contributed by atoms with Gasteiger partial charge in [-0.05, 0) is 49.6 Å². The first-order chi connectivity index (χ1) is 19.2. The van der Waals surface area contributed by atoms with Crippen LogP contribution in [0.2, 0.25) is 0 Å². The van der Waals surface area contributed by atoms with Gasteiger partial charge in [-0.1, -0.05) is 44.5 Å². The summed E-state index contributed by atoms with van der Waals surface area (Å²) in [4.78, 5) is 24.7. The molecule has 1 atom stereocenters. The summed E-state index contributed by atoms with van der Waals surface area (Å²) in [5, 5.41) is 0.344. The molecule has 0 aliphatic carbocycles. The molecule has 1 unspecified atom stereocenters. The Morgan fingerprint density at radius 2 is 1.76 bits per heavy atom. The maximum absolute atomic E-state index is 13.5. The number of unbranched alkanes of at least 4 members (excludes halogenated alkanes) is 2. The summed E-state index contributed by atoms with van der Waals surface area (Å²) in [5.74, 6) is -3.90. The molecule has 3 aromatic rings. The third-order valence-corrected chi connectivity index (χ3v) is 7.17. The first kappa shape index (κ1) is 32.1. The molecule has 5 nitrogen and oxygen atoms in total. The largest absolute Gasteiger partial charge is 0.573 e. The predicted molar refractivity (Wildman–Crippen MR) is 144 cm³/mol. The van der Waals surface area contributed by atoms with E-state index in [1.807, 2.05) is 6.92 Å². The molecule has 1 aromatic heterocycles. The van der Waals surface area contributed by atoms with Crippen LogP contribution in [0.3, 0.4) is 0 Å². The molecule has 0 N–H and O–H groups in total. The van der Waals surface area contributed by atoms with Gasteiger partial charge < -0.3 is 13.9 Å². The number of thioether (sulfide) groups is 1. The SMILES string of the molecule is C=C(C)C(=O)OCC(CSc1ccc2cc(-c3ccc(CCCCC)cc3OC(F)(F)F)c(=O)oc2c1)C(F)(F)F. The Labute approximate surface area is 236 Å². The van der Waals surface area contributed by atoms with Gasteiger partial charge in [-0.25, -0.2) is 9.59 Å². The average molecular weight is 603 g/mol. The summed E-state index contributed by atoms with van der Waals surface area (Å²) in [5.41, 5.74) is -0.565. The number of hydrogen-bond donors (Lipinski definition) is 0. The molecule has 3 rings (SSSR count). The molecule has 0 bridgehead atoms. The number of hydrogen-bond acceptors (Lipinski definition) is 6. The number of esters is 1. The maximum atomic E-state index is 13.5. The second-order valence-electron chi connectivity index (χ2n) is 9.41. The van der Waals surface area contributed by atoms with Gasteiger partial charge in [-0.3, -0.25) is 0 Å². The third kappa shape index (κ3) is 9.31. The Kier molecular flexibility index (Phi) is 10.6. The van der Waals surface area contributed by atoms with Gasteiger partial charge in [0, 0.05) is 27.2 Å². The number of carbonyl (C=O) groups is 1. The maximum Gasteiger partial charge on any atom is 0.573 e. The van der Waals surface area contributed by atoms with Gasteiger partial charge >= 0.3 is 24.1 Å². The molecule has 0 saturated carbocycles. The van der Waals surface area contributed by atoms with Crippen LogP contribution in [-0.4, -0.2) is 30.9 Å². The topological polar surface area (TPSA) is 65.7 Å². The van der Waals surface area contributed by atoms with Gasteiger partial charge in [-0.2, -0.15) is 13.2 Å². The highest BCUT2D eigenvalue weighted by molar-refractivity contribution is 7.99. The lowest BCUT2D eigenvalue weighted by Gasteiger charge is -2.20. The zero-order valence-corrected chi connectivity index (χ0v) is 23.1. The molecule has 222 valence electrons. The molecular formula is C29H28F6O5S. The number of rotatable bonds is 12. The normalized spacial score (nSPS) is 12.8. The Hall–Kier alpha value is -3.41. The van der Waals surface area contributed by atoms with Gasteiger partial charge in [0.25, 0.3) is 0 Å². The number of alkyl halides is 6. The molecule has 41 heavy (non-hydrogen) atoms. The van der Waals surface area contributed by atoms with Crippen molar-refractivity contribution in [3.63, 3.8) is 0 Å². The Morgan fingerprint density at radius 3 is 2.39 bits per heavy atom. The van der Waals surface area contributed by atoms with Crippen molar-refractivity contribution in [1.82, 2.24) is 0 Å². The zero-order chi connectivity index (χ0) is 30.4. The van der Waals surface area contributed by atoms with E-state index in [4.69, 9.17) is 4.42 Å². The fourth-order valence-electron chi connectivity index (χ4n) is 3.84. The van der Waals surface area contributed by atoms with E-state index in [1.54, 1.807) is 6.07 Å². The molecule has 12 heteroatoms. The van der Waals surface area contributed by atoms with Crippen molar-refractivity contribution in [2.75, 3.05) is 12.4 Å². The highest BCUT2D eigenvalue weighted by atomic mass is 32.2. The summed E-state index contributed by atoms with van der Waals surface area (Å²) < 4.78 is 94.2. The monoisotopic (exact) mass is 602 g/mol. The van der Waals surface area contributed by atoms with Gasteiger partial charge in [0.05, 0.1) is 11.5 Å². The first-order valence-electron chi connectivity index (χ1n) is 12.7. The molecule has 0 fully saturated rings. The molecule has 0 saturated heterocycles. The minimum Gasteiger partial charge on any atom is -0.462 e. The van der Waals surface area contributed by atoms with E-state index >= 15 is 0 Å². The molecule has 0 aliphatic rings. The lowest BCUT2D eigenvalue weighted by molar-refractivity contribution is -0.274. The van der Waals surface area contributed by atoms with Gasteiger partial charge in [0.2, 0.25) is 0 Å². The van der Waals surface area contributed by atoms with Crippen molar-refractivity contribution in [3.05, 3.63) is 70.6 Å². The van der Waals surface area contributed by atoms with Crippen LogP contribution in [-0.2, 0) is 16.0 Å². The standard InChI is InChI=1S/C29H28F6O5S/c1-4-5-6-7-18-8-11-22(25(12-18)40-29(33,34)35)23-13-19-9-10-21(14-24(19)39-27(23)37)41-16-20(28(30,31)32)15-38-26(36)17(2)3/h8-14,20H,2,4-7,15-16H2,1,3H3. The summed E-state index contributed by atoms with van der Waals surface area (Å²) in [6.45, 7) is 5.78. The van der Waals surface area contributed by atoms with E-state index in [9.17, 15) is 35.9 Å². The van der Waals surface area contributed by atoms with Crippen LogP contribution in [0.25, 0.3) is 22.1 Å². The number of fused-ring (bicyclic) bond motifs is 1. The number of ether oxygens (including phenoxy) is 2. The molecule has 0 spiro atoms. The average Bonchev–Trinajstić information content (AvgIpc) is 2.86. The first-order valence-corrected chi connectivity index (χ1v) is 13.7. The highest BCUT2D eigenvalue weighted by Gasteiger charge is 2.40. The van der Waals surface area contributed by atoms with Crippen molar-refractivity contribution in [2.45, 2.75) is 57.0 Å². The number of halogens is 6. The van der Waals surface area contributed by atoms with Crippen molar-refractivity contribution < 1.29 is 45.0 Å². The molecule has 1 heterocycles. The van der Waals surface area contributed by atoms with Crippen LogP contribution in [0.1, 0.15) is 38.7 Å². The summed E-state index contributed by atoms with van der Waals surface area (Å²) in [6, 6.07) is 9.95. The van der Waals surface area contributed by atoms with Crippen LogP contribution < -0.4 is 10.4 Å². The Bertz CT molecular complexity index is 1440. The molecule has 0 aliphatic heterocycles. The predicted octanol–water partition coefficient (Wildman–Crippen LogP) is 8.48. The Morgan fingerprint density at radius 1 is 1.02 bits per heavy atom. The number of benzene rings is 2. The van der Waals surface area contributed by atoms with Crippen molar-refractivity contribution >= 4 is 28.7 Å². The lowest BCUT2D eigenvalue weighted by atomic mass is 10.00. The molecule has 0 amide bonds. The summed E-state index contributed by atoms with van der Waals surface area (Å²) >= 11 is 0.814. The van der Waals surface area contributed by atoms with Gasteiger partial charge in [0.1, 0.15) is 17.9 Å². The smallest absolute Gasteiger partial charge is 0.462 e. The quantitative estimate of drug-likeness (QED) is 0.0518. The van der Waals surface area contributed by atoms with E-state index in [0.29, 0.717) is 22.3 Å². The lowest BCUT2D eigenvalue weighted by Crippen LogP contribution is -2.30. The van der Waals surface area contributed by atoms with Gasteiger partial charge in [-0.15, -0.1) is 24.9 Å². The van der Waals surface area contributed by atoms with Gasteiger partial charge in [0.15, 0.2) is 0 Å². The Balaban J connectivity index is 1.87. The van der Waals surface area contributed by atoms with Crippen molar-refractivity contribution in [2.24, 2.45) is 5.92 Å². The van der Waals surface area contributed by atoms with Crippen LogP contribution in [0.4, 0.5) is 26.3 Å². The fourth-order valence-corrected chi connectivity index (χ4v) is 4.87. The summed E-state index contributed by atoms with van der Waals surface area (Å²) in [7, 11) is 0. The number of carbonyl (C=O) groups excluding carboxylic acids is 1. The van der Waals surface area contributed by atoms with E-state index in [1.165, 1.54) is 43.3 Å². The second-order valence-corrected chi connectivity index (χ2v) is 10.5. The summed E-state index contributed by atoms with van der Waals surface area (Å²) in [6.07, 6.45) is -6.45. The van der Waals surface area contributed by atoms with E-state index in [-0.39, 0.29) is 22.3 Å². The molecule has 2 aromatic carbocycles. The minimum atomic E-state index is -4.99. The van der Waals surface area contributed by atoms with Crippen LogP contribution in [0, 0.1) is 5.92 Å². The van der Waals surface area contributed by atoms with E-state index in [2.05, 4.69) is 16.1 Å². The zero-order valence-electron chi connectivity index (χ0n) is 22.3. The number of aryl methyl sites for hydroxylation is 1. The molecule has 0 radical (unpaired) electrons. The second kappa shape index (κ2) is 13.5. The van der Waals surface area contributed by atoms with Crippen LogP contribution in [0.5, 0.6) is 5.75 Å². The minimum absolute atomic E-state index is 0.0255. The van der Waals surface area contributed by atoms with E-state index < -0.39 is 48.2 Å². The van der Waals surface area contributed by atoms with Crippen molar-refractivity contribution in [3.8, 4) is 16.9 Å². The van der Waals surface area contributed by atoms with E-state index in [0.717, 1.165) is 31.0 Å². The molecular weight excluding hydrogens is 574 g/mol. The van der Waals surface area contributed by atoms with Crippen LogP contribution >= 0.6 is 11.8 Å². The van der Waals surface area contributed by atoms with Crippen molar-refractivity contribution in [1.29, 1.82) is 0 Å². The van der Waals surface area contributed by atoms with Crippen LogP contribution in [0.15, 0.2) is 68.7 Å². The third-order valence-electron chi connectivity index (χ3n) is 6.02.